The van der Waals surface area contributed by atoms with Crippen LogP contribution in [0.4, 0.5) is 0 Å². The maximum atomic E-state index is 10.9. The molecule has 0 saturated carbocycles. The van der Waals surface area contributed by atoms with E-state index in [1.54, 1.807) is 18.7 Å². The van der Waals surface area contributed by atoms with Crippen molar-refractivity contribution < 1.29 is 9.90 Å². The number of hydrogen-bond donors (Lipinski definition) is 1. The van der Waals surface area contributed by atoms with Gasteiger partial charge in [0, 0.05) is 12.6 Å². The topological polar surface area (TPSA) is 68.0 Å². The third kappa shape index (κ3) is 2.18. The van der Waals surface area contributed by atoms with Crippen molar-refractivity contribution in [1.82, 2.24) is 14.8 Å². The first-order valence-electron chi connectivity index (χ1n) is 5.28. The largest absolute Gasteiger partial charge is 0.481 e. The van der Waals surface area contributed by atoms with Gasteiger partial charge in [-0.2, -0.15) is 5.10 Å². The highest BCUT2D eigenvalue weighted by Crippen LogP contribution is 2.19. The first kappa shape index (κ1) is 11.3. The number of carboxylic acids is 1. The third-order valence-electron chi connectivity index (χ3n) is 2.57. The maximum absolute atomic E-state index is 10.9. The van der Waals surface area contributed by atoms with Crippen LogP contribution in [-0.2, 0) is 11.8 Å². The van der Waals surface area contributed by atoms with Crippen molar-refractivity contribution in [2.24, 2.45) is 7.05 Å². The lowest BCUT2D eigenvalue weighted by Crippen LogP contribution is -2.09. The zero-order valence-corrected chi connectivity index (χ0v) is 9.66. The highest BCUT2D eigenvalue weighted by Gasteiger charge is 2.20. The molecule has 1 unspecified atom stereocenters. The predicted molar refractivity (Wildman–Crippen MR) is 62.5 cm³/mol. The molecule has 0 radical (unpaired) electrons. The van der Waals surface area contributed by atoms with Gasteiger partial charge >= 0.3 is 5.97 Å². The van der Waals surface area contributed by atoms with Gasteiger partial charge in [-0.1, -0.05) is 30.3 Å². The standard InChI is InChI=1S/C12H13N3O2/c1-8(12(16)17)10-13-11(15(2)14-10)9-6-4-3-5-7-9/h3-8H,1-2H3,(H,16,17). The van der Waals surface area contributed by atoms with Gasteiger partial charge in [-0.05, 0) is 6.92 Å². The van der Waals surface area contributed by atoms with E-state index in [2.05, 4.69) is 10.1 Å². The van der Waals surface area contributed by atoms with Crippen molar-refractivity contribution in [2.75, 3.05) is 0 Å². The number of benzene rings is 1. The van der Waals surface area contributed by atoms with Crippen LogP contribution in [-0.4, -0.2) is 25.8 Å². The number of aryl methyl sites for hydroxylation is 1. The summed E-state index contributed by atoms with van der Waals surface area (Å²) in [6.45, 7) is 1.58. The van der Waals surface area contributed by atoms with E-state index in [9.17, 15) is 4.79 Å². The highest BCUT2D eigenvalue weighted by molar-refractivity contribution is 5.74. The summed E-state index contributed by atoms with van der Waals surface area (Å²) in [5.41, 5.74) is 0.923. The van der Waals surface area contributed by atoms with E-state index in [1.807, 2.05) is 30.3 Å². The number of carbonyl (C=O) groups is 1. The fraction of sp³-hybridized carbons (Fsp3) is 0.250. The molecule has 1 N–H and O–H groups in total. The van der Waals surface area contributed by atoms with Crippen LogP contribution in [0.1, 0.15) is 18.7 Å². The van der Waals surface area contributed by atoms with E-state index in [0.717, 1.165) is 5.56 Å². The molecule has 0 fully saturated rings. The first-order chi connectivity index (χ1) is 8.09. The van der Waals surface area contributed by atoms with Crippen molar-refractivity contribution in [3.63, 3.8) is 0 Å². The summed E-state index contributed by atoms with van der Waals surface area (Å²) in [7, 11) is 1.76. The Morgan fingerprint density at radius 2 is 2.00 bits per heavy atom. The van der Waals surface area contributed by atoms with Gasteiger partial charge in [-0.15, -0.1) is 0 Å². The zero-order valence-electron chi connectivity index (χ0n) is 9.66. The minimum Gasteiger partial charge on any atom is -0.481 e. The van der Waals surface area contributed by atoms with E-state index in [4.69, 9.17) is 5.11 Å². The maximum Gasteiger partial charge on any atom is 0.314 e. The second-order valence-corrected chi connectivity index (χ2v) is 3.84. The first-order valence-corrected chi connectivity index (χ1v) is 5.28. The molecule has 5 heteroatoms. The zero-order chi connectivity index (χ0) is 12.4. The lowest BCUT2D eigenvalue weighted by atomic mass is 10.2. The van der Waals surface area contributed by atoms with Gasteiger partial charge in [-0.3, -0.25) is 4.79 Å². The normalized spacial score (nSPS) is 12.4. The van der Waals surface area contributed by atoms with Crippen molar-refractivity contribution >= 4 is 5.97 Å². The number of hydrogen-bond acceptors (Lipinski definition) is 3. The Morgan fingerprint density at radius 3 is 2.59 bits per heavy atom. The molecule has 1 heterocycles. The van der Waals surface area contributed by atoms with Gasteiger partial charge in [0.1, 0.15) is 5.92 Å². The van der Waals surface area contributed by atoms with Crippen LogP contribution in [0, 0.1) is 0 Å². The van der Waals surface area contributed by atoms with Gasteiger partial charge in [0.2, 0.25) is 0 Å². The molecule has 0 spiro atoms. The highest BCUT2D eigenvalue weighted by atomic mass is 16.4. The Balaban J connectivity index is 2.41. The summed E-state index contributed by atoms with van der Waals surface area (Å²) in [5, 5.41) is 13.0. The summed E-state index contributed by atoms with van der Waals surface area (Å²) in [4.78, 5) is 15.1. The average molecular weight is 231 g/mol. The monoisotopic (exact) mass is 231 g/mol. The summed E-state index contributed by atoms with van der Waals surface area (Å²) < 4.78 is 1.60. The van der Waals surface area contributed by atoms with Crippen LogP contribution < -0.4 is 0 Å². The van der Waals surface area contributed by atoms with Crippen LogP contribution in [0.15, 0.2) is 30.3 Å². The van der Waals surface area contributed by atoms with Crippen molar-refractivity contribution in [3.8, 4) is 11.4 Å². The molecule has 0 saturated heterocycles. The molecule has 0 amide bonds. The number of aliphatic carboxylic acids is 1. The third-order valence-corrected chi connectivity index (χ3v) is 2.57. The molecule has 1 atom stereocenters. The Labute approximate surface area is 98.7 Å². The Bertz CT molecular complexity index is 534. The number of aromatic nitrogens is 3. The van der Waals surface area contributed by atoms with Crippen LogP contribution in [0.2, 0.25) is 0 Å². The van der Waals surface area contributed by atoms with E-state index in [0.29, 0.717) is 11.6 Å². The molecule has 17 heavy (non-hydrogen) atoms. The smallest absolute Gasteiger partial charge is 0.314 e. The molecule has 1 aromatic carbocycles. The second-order valence-electron chi connectivity index (χ2n) is 3.84. The van der Waals surface area contributed by atoms with Crippen molar-refractivity contribution in [3.05, 3.63) is 36.2 Å². The van der Waals surface area contributed by atoms with Crippen LogP contribution in [0.5, 0.6) is 0 Å². The second kappa shape index (κ2) is 4.37. The SMILES string of the molecule is CC(C(=O)O)c1nc(-c2ccccc2)n(C)n1. The van der Waals surface area contributed by atoms with E-state index < -0.39 is 11.9 Å². The van der Waals surface area contributed by atoms with Gasteiger partial charge < -0.3 is 5.11 Å². The minimum absolute atomic E-state index is 0.332. The minimum atomic E-state index is -0.921. The number of nitrogens with zero attached hydrogens (tertiary/aromatic N) is 3. The predicted octanol–water partition coefficient (Wildman–Crippen LogP) is 1.67. The lowest BCUT2D eigenvalue weighted by Gasteiger charge is -1.98. The fourth-order valence-corrected chi connectivity index (χ4v) is 1.54. The molecule has 0 aliphatic carbocycles. The van der Waals surface area contributed by atoms with E-state index in [-0.39, 0.29) is 0 Å². The number of rotatable bonds is 3. The molecule has 0 bridgehead atoms. The van der Waals surface area contributed by atoms with Gasteiger partial charge in [0.15, 0.2) is 11.6 Å². The molecule has 1 aromatic heterocycles. The molecular formula is C12H13N3O2. The summed E-state index contributed by atoms with van der Waals surface area (Å²) >= 11 is 0. The van der Waals surface area contributed by atoms with Crippen LogP contribution >= 0.6 is 0 Å². The van der Waals surface area contributed by atoms with Crippen molar-refractivity contribution in [2.45, 2.75) is 12.8 Å². The molecular weight excluding hydrogens is 218 g/mol. The molecule has 0 aliphatic heterocycles. The van der Waals surface area contributed by atoms with E-state index in [1.165, 1.54) is 0 Å². The quantitative estimate of drug-likeness (QED) is 0.872. The van der Waals surface area contributed by atoms with Crippen LogP contribution in [0.3, 0.4) is 0 Å². The summed E-state index contributed by atoms with van der Waals surface area (Å²) in [6, 6.07) is 9.56. The Hall–Kier alpha value is -2.17. The molecule has 5 nitrogen and oxygen atoms in total. The molecule has 2 rings (SSSR count). The molecule has 88 valence electrons. The van der Waals surface area contributed by atoms with Crippen LogP contribution in [0.25, 0.3) is 11.4 Å². The lowest BCUT2D eigenvalue weighted by molar-refractivity contribution is -0.138. The van der Waals surface area contributed by atoms with Gasteiger partial charge in [-0.25, -0.2) is 9.67 Å². The Morgan fingerprint density at radius 1 is 1.35 bits per heavy atom. The Kier molecular flexibility index (Phi) is 2.91. The average Bonchev–Trinajstić information content (AvgIpc) is 2.71. The summed E-state index contributed by atoms with van der Waals surface area (Å²) in [5.74, 6) is -0.610. The molecule has 0 aliphatic rings. The number of carboxylic acid groups (broad SMARTS) is 1. The van der Waals surface area contributed by atoms with Gasteiger partial charge in [0.05, 0.1) is 0 Å². The fourth-order valence-electron chi connectivity index (χ4n) is 1.54. The van der Waals surface area contributed by atoms with Gasteiger partial charge in [0.25, 0.3) is 0 Å². The van der Waals surface area contributed by atoms with Crippen molar-refractivity contribution in [1.29, 1.82) is 0 Å². The van der Waals surface area contributed by atoms with E-state index >= 15 is 0 Å². The molecule has 2 aromatic rings. The summed E-state index contributed by atoms with van der Waals surface area (Å²) in [6.07, 6.45) is 0.